The molecular weight excluding hydrogens is 374 g/mol. The minimum atomic E-state index is -0.167. The van der Waals surface area contributed by atoms with E-state index < -0.39 is 0 Å². The Kier molecular flexibility index (Phi) is 5.15. The highest BCUT2D eigenvalue weighted by molar-refractivity contribution is 5.78. The number of benzene rings is 1. The van der Waals surface area contributed by atoms with Gasteiger partial charge in [-0.05, 0) is 56.6 Å². The van der Waals surface area contributed by atoms with Crippen molar-refractivity contribution in [2.45, 2.75) is 57.5 Å². The molecule has 0 amide bonds. The van der Waals surface area contributed by atoms with Crippen LogP contribution in [0, 0.1) is 18.8 Å². The first-order valence-electron chi connectivity index (χ1n) is 11.1. The summed E-state index contributed by atoms with van der Waals surface area (Å²) >= 11 is 0. The third-order valence-corrected chi connectivity index (χ3v) is 6.97. The lowest BCUT2D eigenvalue weighted by Crippen LogP contribution is -2.18. The van der Waals surface area contributed by atoms with Crippen molar-refractivity contribution in [2.24, 2.45) is 11.8 Å². The van der Waals surface area contributed by atoms with Gasteiger partial charge in [0.1, 0.15) is 5.82 Å². The molecule has 0 aliphatic heterocycles. The zero-order valence-electron chi connectivity index (χ0n) is 17.7. The molecule has 2 fully saturated rings. The molecule has 2 saturated carbocycles. The van der Waals surface area contributed by atoms with E-state index in [4.69, 9.17) is 9.72 Å². The molecule has 0 saturated heterocycles. The average molecular weight is 404 g/mol. The number of ether oxygens (including phenoxy) is 1. The van der Waals surface area contributed by atoms with E-state index >= 15 is 0 Å². The van der Waals surface area contributed by atoms with Gasteiger partial charge in [-0.2, -0.15) is 4.98 Å². The van der Waals surface area contributed by atoms with Crippen LogP contribution in [0.1, 0.15) is 61.5 Å². The second kappa shape index (κ2) is 7.95. The van der Waals surface area contributed by atoms with Crippen molar-refractivity contribution in [1.29, 1.82) is 0 Å². The molecule has 0 bridgehead atoms. The molecular formula is C25H29N3O2. The van der Waals surface area contributed by atoms with Gasteiger partial charge >= 0.3 is 0 Å². The van der Waals surface area contributed by atoms with Crippen LogP contribution in [0.3, 0.4) is 0 Å². The normalized spacial score (nSPS) is 28.4. The molecule has 5 rings (SSSR count). The molecule has 2 aromatic heterocycles. The fraction of sp³-hybridized carbons (Fsp3) is 0.480. The lowest BCUT2D eigenvalue weighted by atomic mass is 9.83. The van der Waals surface area contributed by atoms with Crippen LogP contribution in [0.4, 0.5) is 0 Å². The Morgan fingerprint density at radius 3 is 2.67 bits per heavy atom. The Labute approximate surface area is 177 Å². The zero-order chi connectivity index (χ0) is 20.7. The van der Waals surface area contributed by atoms with Crippen LogP contribution >= 0.6 is 0 Å². The number of aryl methyl sites for hydroxylation is 1. The van der Waals surface area contributed by atoms with E-state index in [1.807, 2.05) is 25.3 Å². The van der Waals surface area contributed by atoms with E-state index in [-0.39, 0.29) is 6.10 Å². The molecule has 2 aliphatic carbocycles. The monoisotopic (exact) mass is 403 g/mol. The maximum Gasteiger partial charge on any atom is 0.220 e. The van der Waals surface area contributed by atoms with Gasteiger partial charge in [0.25, 0.3) is 0 Å². The zero-order valence-corrected chi connectivity index (χ0v) is 17.7. The average Bonchev–Trinajstić information content (AvgIpc) is 3.42. The minimum absolute atomic E-state index is 0.167. The van der Waals surface area contributed by atoms with Crippen LogP contribution < -0.4 is 4.74 Å². The third-order valence-electron chi connectivity index (χ3n) is 6.97. The predicted octanol–water partition coefficient (Wildman–Crippen LogP) is 4.78. The second-order valence-electron chi connectivity index (χ2n) is 8.97. The van der Waals surface area contributed by atoms with Crippen LogP contribution in [0.15, 0.2) is 42.6 Å². The van der Waals surface area contributed by atoms with Crippen LogP contribution in [0.2, 0.25) is 0 Å². The number of aliphatic hydroxyl groups excluding tert-OH is 1. The van der Waals surface area contributed by atoms with E-state index in [1.54, 1.807) is 0 Å². The summed E-state index contributed by atoms with van der Waals surface area (Å²) in [7, 11) is 0. The van der Waals surface area contributed by atoms with Gasteiger partial charge < -0.3 is 9.84 Å². The Bertz CT molecular complexity index is 1050. The van der Waals surface area contributed by atoms with Gasteiger partial charge in [-0.15, -0.1) is 0 Å². The van der Waals surface area contributed by atoms with Crippen molar-refractivity contribution in [3.8, 4) is 5.88 Å². The van der Waals surface area contributed by atoms with E-state index in [9.17, 15) is 5.11 Å². The largest absolute Gasteiger partial charge is 0.477 e. The van der Waals surface area contributed by atoms with Crippen molar-refractivity contribution < 1.29 is 9.84 Å². The molecule has 1 N–H and O–H groups in total. The summed E-state index contributed by atoms with van der Waals surface area (Å²) in [5.41, 5.74) is 3.32. The van der Waals surface area contributed by atoms with Gasteiger partial charge in [0, 0.05) is 34.7 Å². The Hall–Kier alpha value is -2.53. The summed E-state index contributed by atoms with van der Waals surface area (Å²) < 4.78 is 6.29. The maximum absolute atomic E-state index is 9.84. The fourth-order valence-corrected chi connectivity index (χ4v) is 4.97. The lowest BCUT2D eigenvalue weighted by Gasteiger charge is -2.26. The second-order valence-corrected chi connectivity index (χ2v) is 8.97. The number of para-hydroxylation sites is 1. The van der Waals surface area contributed by atoms with Gasteiger partial charge in [0.2, 0.25) is 5.88 Å². The number of hydrogen-bond donors (Lipinski definition) is 1. The minimum Gasteiger partial charge on any atom is -0.477 e. The summed E-state index contributed by atoms with van der Waals surface area (Å²) in [5.74, 6) is 3.28. The molecule has 30 heavy (non-hydrogen) atoms. The standard InChI is InChI=1S/C25H29N3O2/c1-15-21(24(15)23-12-9-18-5-3-4-6-22(18)28-23)14-30-25-20(13-26-16(2)27-25)17-7-10-19(29)11-8-17/h3-6,9,12-13,15,17,19,21,24,29H,7-8,10-11,14H2,1-2H3/t15-,17-,19-,21+,24-/m1/s1. The van der Waals surface area contributed by atoms with Crippen molar-refractivity contribution in [2.75, 3.05) is 6.61 Å². The Morgan fingerprint density at radius 1 is 1.03 bits per heavy atom. The highest BCUT2D eigenvalue weighted by Gasteiger charge is 2.49. The summed E-state index contributed by atoms with van der Waals surface area (Å²) in [6, 6.07) is 12.6. The number of hydrogen-bond acceptors (Lipinski definition) is 5. The third kappa shape index (κ3) is 3.79. The molecule has 5 nitrogen and oxygen atoms in total. The quantitative estimate of drug-likeness (QED) is 0.664. The van der Waals surface area contributed by atoms with Gasteiger partial charge in [-0.1, -0.05) is 31.2 Å². The summed E-state index contributed by atoms with van der Waals surface area (Å²) in [6.07, 6.45) is 5.37. The van der Waals surface area contributed by atoms with Crippen LogP contribution in [-0.2, 0) is 0 Å². The van der Waals surface area contributed by atoms with Crippen LogP contribution in [0.25, 0.3) is 10.9 Å². The van der Waals surface area contributed by atoms with E-state index in [0.717, 1.165) is 54.2 Å². The first-order valence-corrected chi connectivity index (χ1v) is 11.1. The molecule has 0 spiro atoms. The van der Waals surface area contributed by atoms with Gasteiger partial charge in [0.15, 0.2) is 0 Å². The molecule has 156 valence electrons. The van der Waals surface area contributed by atoms with Crippen LogP contribution in [0.5, 0.6) is 5.88 Å². The Morgan fingerprint density at radius 2 is 1.83 bits per heavy atom. The smallest absolute Gasteiger partial charge is 0.220 e. The van der Waals surface area contributed by atoms with Gasteiger partial charge in [-0.3, -0.25) is 4.98 Å². The van der Waals surface area contributed by atoms with E-state index in [2.05, 4.69) is 41.2 Å². The van der Waals surface area contributed by atoms with Crippen molar-refractivity contribution in [3.63, 3.8) is 0 Å². The topological polar surface area (TPSA) is 68.1 Å². The lowest BCUT2D eigenvalue weighted by molar-refractivity contribution is 0.121. The fourth-order valence-electron chi connectivity index (χ4n) is 4.97. The Balaban J connectivity index is 1.30. The van der Waals surface area contributed by atoms with Gasteiger partial charge in [0.05, 0.1) is 18.2 Å². The molecule has 1 aromatic carbocycles. The number of aliphatic hydroxyl groups is 1. The molecule has 0 radical (unpaired) electrons. The molecule has 2 aliphatic rings. The number of fused-ring (bicyclic) bond motifs is 1. The first kappa shape index (κ1) is 19.4. The number of pyridine rings is 1. The maximum atomic E-state index is 9.84. The number of rotatable bonds is 5. The highest BCUT2D eigenvalue weighted by Crippen LogP contribution is 2.53. The molecule has 3 aromatic rings. The predicted molar refractivity (Wildman–Crippen MR) is 117 cm³/mol. The molecule has 5 heteroatoms. The van der Waals surface area contributed by atoms with Crippen molar-refractivity contribution in [1.82, 2.24) is 15.0 Å². The molecule has 0 unspecified atom stereocenters. The molecule has 3 atom stereocenters. The van der Waals surface area contributed by atoms with E-state index in [0.29, 0.717) is 30.3 Å². The van der Waals surface area contributed by atoms with Crippen molar-refractivity contribution >= 4 is 10.9 Å². The summed E-state index contributed by atoms with van der Waals surface area (Å²) in [5, 5.41) is 11.0. The van der Waals surface area contributed by atoms with Gasteiger partial charge in [-0.25, -0.2) is 4.98 Å². The van der Waals surface area contributed by atoms with Crippen LogP contribution in [-0.4, -0.2) is 32.8 Å². The SMILES string of the molecule is Cc1ncc([C@H]2CC[C@H](O)CC2)c(OC[C@H]2[C@@H](C)[C@H]2c2ccc3ccccc3n2)n1. The number of aromatic nitrogens is 3. The van der Waals surface area contributed by atoms with Crippen molar-refractivity contribution in [3.05, 3.63) is 59.7 Å². The molecule has 2 heterocycles. The highest BCUT2D eigenvalue weighted by atomic mass is 16.5. The first-order chi connectivity index (χ1) is 14.6. The summed E-state index contributed by atoms with van der Waals surface area (Å²) in [6.45, 7) is 4.84. The number of nitrogens with zero attached hydrogens (tertiary/aromatic N) is 3. The van der Waals surface area contributed by atoms with E-state index in [1.165, 1.54) is 5.39 Å². The summed E-state index contributed by atoms with van der Waals surface area (Å²) in [4.78, 5) is 13.9.